The molecule has 1 aliphatic rings. The predicted octanol–water partition coefficient (Wildman–Crippen LogP) is 1.63. The maximum atomic E-state index is 12.4. The Balaban J connectivity index is 1.46. The first kappa shape index (κ1) is 16.8. The van der Waals surface area contributed by atoms with Crippen LogP contribution in [0.2, 0.25) is 5.02 Å². The van der Waals surface area contributed by atoms with Crippen LogP contribution in [0.5, 0.6) is 0 Å². The normalized spacial score (nSPS) is 15.2. The van der Waals surface area contributed by atoms with Gasteiger partial charge in [0, 0.05) is 24.0 Å². The van der Waals surface area contributed by atoms with Crippen molar-refractivity contribution < 1.29 is 4.79 Å². The molecule has 0 radical (unpaired) electrons. The van der Waals surface area contributed by atoms with Crippen molar-refractivity contribution >= 4 is 28.5 Å². The quantitative estimate of drug-likeness (QED) is 0.739. The highest BCUT2D eigenvalue weighted by Crippen LogP contribution is 2.49. The first-order chi connectivity index (χ1) is 12.5. The zero-order valence-corrected chi connectivity index (χ0v) is 15.0. The summed E-state index contributed by atoms with van der Waals surface area (Å²) in [7, 11) is 1.72. The molecular formula is C18H18ClN5O2. The Morgan fingerprint density at radius 2 is 2.12 bits per heavy atom. The highest BCUT2D eigenvalue weighted by atomic mass is 35.5. The van der Waals surface area contributed by atoms with Crippen LogP contribution in [-0.2, 0) is 23.8 Å². The standard InChI is InChI=1S/C18H18ClN5O2/c1-23-16-12(8-22-23)17(26)24(11-21-16)9-15(25)20-10-18(6-7-18)13-4-2-3-5-14(13)19/h2-5,8,11H,6-7,9-10H2,1H3,(H,20,25). The van der Waals surface area contributed by atoms with Crippen LogP contribution in [-0.4, -0.2) is 31.8 Å². The Bertz CT molecular complexity index is 1050. The number of halogens is 1. The lowest BCUT2D eigenvalue weighted by atomic mass is 9.96. The van der Waals surface area contributed by atoms with Gasteiger partial charge in [-0.1, -0.05) is 29.8 Å². The van der Waals surface area contributed by atoms with E-state index in [4.69, 9.17) is 11.6 Å². The molecule has 2 heterocycles. The zero-order chi connectivity index (χ0) is 18.3. The Morgan fingerprint density at radius 1 is 1.35 bits per heavy atom. The number of nitrogens with zero attached hydrogens (tertiary/aromatic N) is 4. The van der Waals surface area contributed by atoms with E-state index in [9.17, 15) is 9.59 Å². The van der Waals surface area contributed by atoms with Crippen molar-refractivity contribution in [2.45, 2.75) is 24.8 Å². The van der Waals surface area contributed by atoms with E-state index in [0.717, 1.165) is 23.4 Å². The van der Waals surface area contributed by atoms with Gasteiger partial charge in [0.25, 0.3) is 5.56 Å². The molecule has 134 valence electrons. The van der Waals surface area contributed by atoms with Gasteiger partial charge in [-0.25, -0.2) is 4.98 Å². The molecule has 8 heteroatoms. The van der Waals surface area contributed by atoms with Gasteiger partial charge in [0.15, 0.2) is 5.65 Å². The first-order valence-corrected chi connectivity index (χ1v) is 8.77. The van der Waals surface area contributed by atoms with Gasteiger partial charge in [0.2, 0.25) is 5.91 Å². The van der Waals surface area contributed by atoms with Crippen molar-refractivity contribution in [3.8, 4) is 0 Å². The van der Waals surface area contributed by atoms with Crippen molar-refractivity contribution in [3.63, 3.8) is 0 Å². The number of aromatic nitrogens is 4. The predicted molar refractivity (Wildman–Crippen MR) is 98.1 cm³/mol. The number of hydrogen-bond donors (Lipinski definition) is 1. The summed E-state index contributed by atoms with van der Waals surface area (Å²) in [5.74, 6) is -0.226. The van der Waals surface area contributed by atoms with Gasteiger partial charge in [-0.2, -0.15) is 5.10 Å². The van der Waals surface area contributed by atoms with Crippen LogP contribution in [0, 0.1) is 0 Å². The van der Waals surface area contributed by atoms with Crippen molar-refractivity contribution in [3.05, 3.63) is 57.7 Å². The summed E-state index contributed by atoms with van der Waals surface area (Å²) in [5.41, 5.74) is 1.20. The first-order valence-electron chi connectivity index (χ1n) is 8.39. The topological polar surface area (TPSA) is 81.8 Å². The van der Waals surface area contributed by atoms with Crippen LogP contribution in [0.25, 0.3) is 11.0 Å². The molecule has 1 aromatic carbocycles. The van der Waals surface area contributed by atoms with E-state index in [1.54, 1.807) is 7.05 Å². The van der Waals surface area contributed by atoms with Gasteiger partial charge in [-0.15, -0.1) is 0 Å². The zero-order valence-electron chi connectivity index (χ0n) is 14.3. The minimum absolute atomic E-state index is 0.0741. The van der Waals surface area contributed by atoms with E-state index in [1.807, 2.05) is 24.3 Å². The third-order valence-corrected chi connectivity index (χ3v) is 5.28. The number of benzene rings is 1. The molecule has 0 saturated heterocycles. The summed E-state index contributed by atoms with van der Waals surface area (Å²) >= 11 is 6.30. The Hall–Kier alpha value is -2.67. The van der Waals surface area contributed by atoms with E-state index in [2.05, 4.69) is 15.4 Å². The molecule has 2 aromatic heterocycles. The third-order valence-electron chi connectivity index (χ3n) is 4.95. The van der Waals surface area contributed by atoms with E-state index in [-0.39, 0.29) is 23.4 Å². The molecule has 4 rings (SSSR count). The molecule has 1 saturated carbocycles. The monoisotopic (exact) mass is 371 g/mol. The lowest BCUT2D eigenvalue weighted by Gasteiger charge is -2.18. The number of nitrogens with one attached hydrogen (secondary N) is 1. The molecule has 3 aromatic rings. The minimum atomic E-state index is -0.273. The fourth-order valence-corrected chi connectivity index (χ4v) is 3.58. The SMILES string of the molecule is Cn1ncc2c(=O)n(CC(=O)NCC3(c4ccccc4Cl)CC3)cnc21. The summed E-state index contributed by atoms with van der Waals surface area (Å²) in [6.45, 7) is 0.433. The van der Waals surface area contributed by atoms with Gasteiger partial charge >= 0.3 is 0 Å². The number of rotatable bonds is 5. The average Bonchev–Trinajstić information content (AvgIpc) is 3.32. The van der Waals surface area contributed by atoms with Gasteiger partial charge < -0.3 is 5.32 Å². The van der Waals surface area contributed by atoms with Gasteiger partial charge in [-0.05, 0) is 24.5 Å². The van der Waals surface area contributed by atoms with E-state index in [0.29, 0.717) is 17.6 Å². The van der Waals surface area contributed by atoms with Gasteiger partial charge in [-0.3, -0.25) is 18.8 Å². The molecule has 7 nitrogen and oxygen atoms in total. The second-order valence-electron chi connectivity index (χ2n) is 6.72. The molecule has 1 amide bonds. The molecule has 0 unspecified atom stereocenters. The van der Waals surface area contributed by atoms with Crippen LogP contribution >= 0.6 is 11.6 Å². The molecule has 0 spiro atoms. The molecule has 1 fully saturated rings. The Labute approximate surface area is 154 Å². The third kappa shape index (κ3) is 2.88. The molecule has 0 aliphatic heterocycles. The van der Waals surface area contributed by atoms with E-state index < -0.39 is 0 Å². The average molecular weight is 372 g/mol. The van der Waals surface area contributed by atoms with E-state index in [1.165, 1.54) is 21.8 Å². The van der Waals surface area contributed by atoms with Crippen LogP contribution in [0.3, 0.4) is 0 Å². The number of aryl methyl sites for hydroxylation is 1. The molecule has 1 aliphatic carbocycles. The summed E-state index contributed by atoms with van der Waals surface area (Å²) in [6, 6.07) is 7.73. The smallest absolute Gasteiger partial charge is 0.264 e. The Morgan fingerprint density at radius 3 is 2.85 bits per heavy atom. The summed E-state index contributed by atoms with van der Waals surface area (Å²) in [4.78, 5) is 29.0. The second kappa shape index (κ2) is 6.25. The lowest BCUT2D eigenvalue weighted by Crippen LogP contribution is -2.37. The highest BCUT2D eigenvalue weighted by Gasteiger charge is 2.45. The van der Waals surface area contributed by atoms with Crippen molar-refractivity contribution in [1.29, 1.82) is 0 Å². The summed E-state index contributed by atoms with van der Waals surface area (Å²) < 4.78 is 2.83. The maximum absolute atomic E-state index is 12.4. The van der Waals surface area contributed by atoms with Crippen LogP contribution < -0.4 is 10.9 Å². The highest BCUT2D eigenvalue weighted by molar-refractivity contribution is 6.31. The van der Waals surface area contributed by atoms with Crippen LogP contribution in [0.4, 0.5) is 0 Å². The molecular weight excluding hydrogens is 354 g/mol. The number of carbonyl (C=O) groups excluding carboxylic acids is 1. The fourth-order valence-electron chi connectivity index (χ4n) is 3.24. The molecule has 0 bridgehead atoms. The van der Waals surface area contributed by atoms with E-state index >= 15 is 0 Å². The van der Waals surface area contributed by atoms with Crippen molar-refractivity contribution in [2.75, 3.05) is 6.54 Å². The van der Waals surface area contributed by atoms with Gasteiger partial charge in [0.1, 0.15) is 18.3 Å². The molecule has 1 N–H and O–H groups in total. The van der Waals surface area contributed by atoms with Crippen molar-refractivity contribution in [1.82, 2.24) is 24.6 Å². The summed E-state index contributed by atoms with van der Waals surface area (Å²) in [5, 5.41) is 8.08. The maximum Gasteiger partial charge on any atom is 0.264 e. The molecule has 26 heavy (non-hydrogen) atoms. The largest absolute Gasteiger partial charge is 0.354 e. The number of hydrogen-bond acceptors (Lipinski definition) is 4. The van der Waals surface area contributed by atoms with Crippen LogP contribution in [0.1, 0.15) is 18.4 Å². The fraction of sp³-hybridized carbons (Fsp3) is 0.333. The molecule has 0 atom stereocenters. The minimum Gasteiger partial charge on any atom is -0.354 e. The Kier molecular flexibility index (Phi) is 4.03. The summed E-state index contributed by atoms with van der Waals surface area (Å²) in [6.07, 6.45) is 4.82. The number of amides is 1. The number of fused-ring (bicyclic) bond motifs is 1. The van der Waals surface area contributed by atoms with Crippen LogP contribution in [0.15, 0.2) is 41.6 Å². The second-order valence-corrected chi connectivity index (χ2v) is 7.13. The lowest BCUT2D eigenvalue weighted by molar-refractivity contribution is -0.121. The van der Waals surface area contributed by atoms with Crippen molar-refractivity contribution in [2.24, 2.45) is 7.05 Å². The number of carbonyl (C=O) groups is 1. The van der Waals surface area contributed by atoms with Gasteiger partial charge in [0.05, 0.1) is 6.20 Å².